The maximum atomic E-state index is 12.9. The topological polar surface area (TPSA) is 92.8 Å². The van der Waals surface area contributed by atoms with Crippen LogP contribution in [0.2, 0.25) is 0 Å². The quantitative estimate of drug-likeness (QED) is 0.451. The van der Waals surface area contributed by atoms with E-state index in [0.29, 0.717) is 4.88 Å². The summed E-state index contributed by atoms with van der Waals surface area (Å²) in [5.74, 6) is 0.663. The molecule has 0 aliphatic rings. The van der Waals surface area contributed by atoms with Gasteiger partial charge in [-0.1, -0.05) is 29.0 Å². The molecule has 0 saturated heterocycles. The molecule has 1 amide bonds. The Bertz CT molecular complexity index is 1110. The van der Waals surface area contributed by atoms with Crippen molar-refractivity contribution in [2.45, 2.75) is 9.79 Å². The molecule has 0 radical (unpaired) electrons. The summed E-state index contributed by atoms with van der Waals surface area (Å²) >= 11 is 6.50. The number of nitrogens with one attached hydrogen (secondary N) is 2. The number of hydrogen-bond acceptors (Lipinski definition) is 7. The number of carbonyl (C=O) groups is 1. The number of thiophene rings is 1. The van der Waals surface area contributed by atoms with Gasteiger partial charge in [-0.05, 0) is 56.7 Å². The zero-order valence-electron chi connectivity index (χ0n) is 13.9. The molecule has 10 heteroatoms. The van der Waals surface area contributed by atoms with Crippen molar-refractivity contribution in [2.75, 3.05) is 12.4 Å². The Morgan fingerprint density at radius 1 is 1.30 bits per heavy atom. The molecule has 2 N–H and O–H groups in total. The van der Waals surface area contributed by atoms with Crippen LogP contribution in [-0.4, -0.2) is 33.6 Å². The average molecular weight is 462 g/mol. The smallest absolute Gasteiger partial charge is 0.269 e. The lowest BCUT2D eigenvalue weighted by Gasteiger charge is -2.07. The molecule has 27 heavy (non-hydrogen) atoms. The number of hydrogen-bond donors (Lipinski definition) is 2. The number of aromatic nitrogens is 4. The summed E-state index contributed by atoms with van der Waals surface area (Å²) in [6, 6.07) is 13.7. The van der Waals surface area contributed by atoms with Crippen molar-refractivity contribution in [1.82, 2.24) is 20.6 Å². The molecular weight excluding hydrogens is 450 g/mol. The van der Waals surface area contributed by atoms with Crippen molar-refractivity contribution in [1.29, 1.82) is 0 Å². The van der Waals surface area contributed by atoms with Gasteiger partial charge in [0.25, 0.3) is 5.91 Å². The highest BCUT2D eigenvalue weighted by Crippen LogP contribution is 2.44. The van der Waals surface area contributed by atoms with Crippen LogP contribution in [0.15, 0.2) is 56.7 Å². The number of benzene rings is 2. The van der Waals surface area contributed by atoms with Gasteiger partial charge in [-0.15, -0.1) is 11.3 Å². The van der Waals surface area contributed by atoms with E-state index in [2.05, 4.69) is 41.9 Å². The molecular formula is C17H12BrN5O2S2. The fourth-order valence-corrected chi connectivity index (χ4v) is 5.26. The molecule has 4 aromatic rings. The Hall–Kier alpha value is -2.43. The summed E-state index contributed by atoms with van der Waals surface area (Å²) in [4.78, 5) is 15.3. The van der Waals surface area contributed by atoms with Gasteiger partial charge in [0.15, 0.2) is 0 Å². The highest BCUT2D eigenvalue weighted by Gasteiger charge is 2.21. The third-order valence-electron chi connectivity index (χ3n) is 3.68. The number of amides is 1. The lowest BCUT2D eigenvalue weighted by molar-refractivity contribution is 0.102. The Morgan fingerprint density at radius 3 is 2.89 bits per heavy atom. The number of fused-ring (bicyclic) bond motifs is 1. The van der Waals surface area contributed by atoms with Gasteiger partial charge in [-0.3, -0.25) is 10.1 Å². The van der Waals surface area contributed by atoms with Crippen LogP contribution < -0.4 is 10.1 Å². The molecule has 2 heterocycles. The van der Waals surface area contributed by atoms with Crippen molar-refractivity contribution < 1.29 is 9.53 Å². The van der Waals surface area contributed by atoms with Crippen LogP contribution in [0.5, 0.6) is 5.75 Å². The zero-order chi connectivity index (χ0) is 18.8. The third-order valence-corrected chi connectivity index (χ3v) is 7.14. The summed E-state index contributed by atoms with van der Waals surface area (Å²) in [6.45, 7) is 0. The molecule has 0 spiro atoms. The highest BCUT2D eigenvalue weighted by molar-refractivity contribution is 9.10. The van der Waals surface area contributed by atoms with E-state index in [1.807, 2.05) is 42.5 Å². The minimum atomic E-state index is -0.275. The second-order valence-corrected chi connectivity index (χ2v) is 8.32. The van der Waals surface area contributed by atoms with E-state index in [1.165, 1.54) is 23.1 Å². The molecule has 0 atom stereocenters. The Morgan fingerprint density at radius 2 is 2.15 bits per heavy atom. The Labute approximate surface area is 170 Å². The number of tetrazole rings is 1. The van der Waals surface area contributed by atoms with Crippen molar-refractivity contribution in [3.05, 3.63) is 51.8 Å². The number of H-pyrrole nitrogens is 1. The number of nitrogens with zero attached hydrogens (tertiary/aromatic N) is 3. The largest absolute Gasteiger partial charge is 0.497 e. The number of methoxy groups -OCH3 is 1. The first-order chi connectivity index (χ1) is 13.2. The average Bonchev–Trinajstić information content (AvgIpc) is 3.31. The highest BCUT2D eigenvalue weighted by atomic mass is 79.9. The van der Waals surface area contributed by atoms with Crippen molar-refractivity contribution in [2.24, 2.45) is 0 Å². The van der Waals surface area contributed by atoms with Gasteiger partial charge in [-0.2, -0.15) is 0 Å². The number of rotatable bonds is 5. The van der Waals surface area contributed by atoms with Crippen molar-refractivity contribution in [3.63, 3.8) is 0 Å². The summed E-state index contributed by atoms with van der Waals surface area (Å²) < 4.78 is 7.31. The van der Waals surface area contributed by atoms with E-state index in [-0.39, 0.29) is 11.9 Å². The number of anilines is 1. The summed E-state index contributed by atoms with van der Waals surface area (Å²) in [5.41, 5.74) is 0. The first-order valence-electron chi connectivity index (χ1n) is 7.73. The van der Waals surface area contributed by atoms with E-state index in [9.17, 15) is 4.79 Å². The van der Waals surface area contributed by atoms with Gasteiger partial charge in [0.05, 0.1) is 7.11 Å². The number of halogens is 1. The predicted octanol–water partition coefficient (Wildman–Crippen LogP) is 4.59. The van der Waals surface area contributed by atoms with E-state index in [1.54, 1.807) is 7.11 Å². The molecule has 0 aliphatic carbocycles. The molecule has 2 aromatic heterocycles. The molecule has 4 rings (SSSR count). The molecule has 0 aliphatic heterocycles. The molecule has 0 saturated carbocycles. The number of aromatic amines is 1. The van der Waals surface area contributed by atoms with Crippen LogP contribution in [0.25, 0.3) is 10.1 Å². The Balaban J connectivity index is 1.81. The zero-order valence-corrected chi connectivity index (χ0v) is 17.1. The van der Waals surface area contributed by atoms with E-state index < -0.39 is 0 Å². The molecule has 0 bridgehead atoms. The van der Waals surface area contributed by atoms with E-state index in [4.69, 9.17) is 4.74 Å². The first-order valence-corrected chi connectivity index (χ1v) is 10.2. The van der Waals surface area contributed by atoms with Crippen LogP contribution >= 0.6 is 39.0 Å². The van der Waals surface area contributed by atoms with Crippen LogP contribution in [0.1, 0.15) is 9.67 Å². The van der Waals surface area contributed by atoms with Gasteiger partial charge >= 0.3 is 0 Å². The minimum Gasteiger partial charge on any atom is -0.497 e. The fourth-order valence-electron chi connectivity index (χ4n) is 2.45. The monoisotopic (exact) mass is 461 g/mol. The SMILES string of the molecule is COc1ccc2sc(C(=O)Nc3nnn[nH]3)c(Sc3ccccc3Br)c2c1. The molecule has 0 fully saturated rings. The number of carbonyl (C=O) groups excluding carboxylic acids is 1. The van der Waals surface area contributed by atoms with Gasteiger partial charge in [0.1, 0.15) is 10.6 Å². The summed E-state index contributed by atoms with van der Waals surface area (Å²) in [5, 5.41) is 16.9. The maximum absolute atomic E-state index is 12.9. The van der Waals surface area contributed by atoms with Crippen molar-refractivity contribution >= 4 is 61.0 Å². The van der Waals surface area contributed by atoms with Gasteiger partial charge in [0.2, 0.25) is 5.95 Å². The molecule has 0 unspecified atom stereocenters. The molecule has 136 valence electrons. The predicted molar refractivity (Wildman–Crippen MR) is 109 cm³/mol. The van der Waals surface area contributed by atoms with Gasteiger partial charge in [-0.25, -0.2) is 5.10 Å². The third kappa shape index (κ3) is 3.68. The van der Waals surface area contributed by atoms with Gasteiger partial charge in [0, 0.05) is 24.3 Å². The van der Waals surface area contributed by atoms with E-state index >= 15 is 0 Å². The lowest BCUT2D eigenvalue weighted by Crippen LogP contribution is -2.12. The Kier molecular flexibility index (Phi) is 5.10. The molecule has 7 nitrogen and oxygen atoms in total. The lowest BCUT2D eigenvalue weighted by atomic mass is 10.2. The van der Waals surface area contributed by atoms with E-state index in [0.717, 1.165) is 30.1 Å². The minimum absolute atomic E-state index is 0.201. The number of ether oxygens (including phenoxy) is 1. The first kappa shape index (κ1) is 18.0. The second-order valence-electron chi connectivity index (χ2n) is 5.36. The normalized spacial score (nSPS) is 10.9. The van der Waals surface area contributed by atoms with Gasteiger partial charge < -0.3 is 4.74 Å². The molecule has 2 aromatic carbocycles. The van der Waals surface area contributed by atoms with Crippen LogP contribution in [0.4, 0.5) is 5.95 Å². The fraction of sp³-hybridized carbons (Fsp3) is 0.0588. The maximum Gasteiger partial charge on any atom is 0.269 e. The van der Waals surface area contributed by atoms with Crippen molar-refractivity contribution in [3.8, 4) is 5.75 Å². The van der Waals surface area contributed by atoms with Crippen LogP contribution in [0, 0.1) is 0 Å². The van der Waals surface area contributed by atoms with Crippen LogP contribution in [0.3, 0.4) is 0 Å². The standard InChI is InChI=1S/C17H12BrN5O2S2/c1-25-9-6-7-12-10(8-9)14(27-13-5-3-2-4-11(13)18)15(26-12)16(24)19-17-20-22-23-21-17/h2-8H,1H3,(H2,19,20,21,22,23,24). The summed E-state index contributed by atoms with van der Waals surface area (Å²) in [6.07, 6.45) is 0. The van der Waals surface area contributed by atoms with Crippen LogP contribution in [-0.2, 0) is 0 Å². The second kappa shape index (κ2) is 7.67. The summed E-state index contributed by atoms with van der Waals surface area (Å²) in [7, 11) is 1.62.